The van der Waals surface area contributed by atoms with Crippen LogP contribution in [0.25, 0.3) is 0 Å². The number of nitrogens with one attached hydrogen (secondary N) is 3. The number of fused-ring (bicyclic) bond motifs is 1. The zero-order chi connectivity index (χ0) is 24.5. The van der Waals surface area contributed by atoms with Crippen LogP contribution in [-0.2, 0) is 33.8 Å². The van der Waals surface area contributed by atoms with Gasteiger partial charge in [0.1, 0.15) is 5.82 Å². The van der Waals surface area contributed by atoms with Crippen LogP contribution in [0, 0.1) is 0 Å². The molecular formula is C23H21F3N4O3S. The van der Waals surface area contributed by atoms with Crippen LogP contribution in [0.4, 0.5) is 36.1 Å². The summed E-state index contributed by atoms with van der Waals surface area (Å²) >= 11 is 0. The number of rotatable bonds is 6. The molecule has 7 nitrogen and oxygen atoms in total. The van der Waals surface area contributed by atoms with Crippen molar-refractivity contribution in [2.24, 2.45) is 0 Å². The van der Waals surface area contributed by atoms with Crippen molar-refractivity contribution in [1.29, 1.82) is 0 Å². The van der Waals surface area contributed by atoms with Crippen molar-refractivity contribution in [3.05, 3.63) is 71.4 Å². The fraction of sp³-hybridized carbons (Fsp3) is 0.217. The van der Waals surface area contributed by atoms with Gasteiger partial charge in [0.25, 0.3) is 0 Å². The topological polar surface area (TPSA) is 100 Å². The molecule has 1 aliphatic heterocycles. The van der Waals surface area contributed by atoms with Crippen molar-refractivity contribution in [3.8, 4) is 0 Å². The molecule has 0 fully saturated rings. The molecule has 3 N–H and O–H groups in total. The van der Waals surface area contributed by atoms with Gasteiger partial charge in [-0.1, -0.05) is 12.1 Å². The van der Waals surface area contributed by atoms with E-state index in [1.165, 1.54) is 24.3 Å². The van der Waals surface area contributed by atoms with E-state index in [0.29, 0.717) is 29.8 Å². The molecule has 1 aromatic heterocycles. The molecule has 2 heterocycles. The van der Waals surface area contributed by atoms with Gasteiger partial charge in [-0.25, -0.2) is 13.4 Å². The van der Waals surface area contributed by atoms with Crippen LogP contribution in [0.1, 0.15) is 23.1 Å². The van der Waals surface area contributed by atoms with Gasteiger partial charge in [-0.2, -0.15) is 13.2 Å². The lowest BCUT2D eigenvalue weighted by atomic mass is 10.0. The third-order valence-corrected chi connectivity index (χ3v) is 6.40. The number of hydrogen-bond donors (Lipinski definition) is 3. The molecule has 0 aliphatic carbocycles. The van der Waals surface area contributed by atoms with Crippen LogP contribution in [0.3, 0.4) is 0 Å². The van der Waals surface area contributed by atoms with E-state index < -0.39 is 21.6 Å². The highest BCUT2D eigenvalue weighted by atomic mass is 32.2. The molecule has 3 aromatic rings. The fourth-order valence-corrected chi connectivity index (χ4v) is 4.28. The second-order valence-electron chi connectivity index (χ2n) is 7.93. The average Bonchev–Trinajstić information content (AvgIpc) is 2.77. The number of nitrogens with zero attached hydrogens (tertiary/aromatic N) is 1. The Morgan fingerprint density at radius 1 is 1.09 bits per heavy atom. The van der Waals surface area contributed by atoms with Crippen molar-refractivity contribution in [1.82, 2.24) is 4.98 Å². The van der Waals surface area contributed by atoms with E-state index in [-0.39, 0.29) is 28.9 Å². The first-order valence-electron chi connectivity index (χ1n) is 10.3. The van der Waals surface area contributed by atoms with Crippen molar-refractivity contribution >= 4 is 38.6 Å². The molecule has 0 bridgehead atoms. The molecule has 2 aromatic carbocycles. The summed E-state index contributed by atoms with van der Waals surface area (Å²) in [6.45, 7) is -0.0194. The van der Waals surface area contributed by atoms with E-state index in [1.807, 2.05) is 6.07 Å². The predicted octanol–water partition coefficient (Wildman–Crippen LogP) is 4.74. The number of anilines is 4. The van der Waals surface area contributed by atoms with E-state index >= 15 is 0 Å². The van der Waals surface area contributed by atoms with Gasteiger partial charge >= 0.3 is 6.18 Å². The minimum Gasteiger partial charge on any atom is -0.380 e. The van der Waals surface area contributed by atoms with E-state index in [2.05, 4.69) is 20.9 Å². The Kier molecular flexibility index (Phi) is 6.22. The van der Waals surface area contributed by atoms with Gasteiger partial charge in [0.2, 0.25) is 5.91 Å². The van der Waals surface area contributed by atoms with Crippen molar-refractivity contribution in [3.63, 3.8) is 0 Å². The zero-order valence-corrected chi connectivity index (χ0v) is 18.8. The number of aryl methyl sites for hydroxylation is 1. The Morgan fingerprint density at radius 2 is 1.88 bits per heavy atom. The van der Waals surface area contributed by atoms with Gasteiger partial charge in [-0.05, 0) is 47.9 Å². The second kappa shape index (κ2) is 8.98. The number of aromatic nitrogens is 1. The van der Waals surface area contributed by atoms with Gasteiger partial charge < -0.3 is 16.0 Å². The summed E-state index contributed by atoms with van der Waals surface area (Å²) in [4.78, 5) is 15.5. The molecule has 178 valence electrons. The SMILES string of the molecule is CS(=O)(=O)c1cccc(CNc2cc(Nc3ccc4c(c3)CCC(=O)N4)ncc2C(F)(F)F)c1. The Balaban J connectivity index is 1.58. The molecule has 0 saturated heterocycles. The molecule has 0 radical (unpaired) electrons. The standard InChI is InChI=1S/C23H21F3N4O3S/c1-34(32,33)17-4-2-3-14(9-17)12-27-20-11-21(28-13-18(20)23(24,25)26)29-16-6-7-19-15(10-16)5-8-22(31)30-19/h2-4,6-7,9-11,13H,5,8,12H2,1H3,(H,30,31)(H2,27,28,29). The van der Waals surface area contributed by atoms with Gasteiger partial charge in [0.05, 0.1) is 16.1 Å². The smallest absolute Gasteiger partial charge is 0.380 e. The maximum atomic E-state index is 13.6. The molecule has 11 heteroatoms. The molecule has 0 unspecified atom stereocenters. The molecule has 0 saturated carbocycles. The Labute approximate surface area is 194 Å². The molecule has 0 atom stereocenters. The third-order valence-electron chi connectivity index (χ3n) is 5.29. The minimum atomic E-state index is -4.63. The van der Waals surface area contributed by atoms with Crippen LogP contribution in [0.2, 0.25) is 0 Å². The van der Waals surface area contributed by atoms with E-state index in [9.17, 15) is 26.4 Å². The lowest BCUT2D eigenvalue weighted by Crippen LogP contribution is -2.18. The number of amides is 1. The maximum Gasteiger partial charge on any atom is 0.419 e. The van der Waals surface area contributed by atoms with Crippen LogP contribution < -0.4 is 16.0 Å². The quantitative estimate of drug-likeness (QED) is 0.461. The van der Waals surface area contributed by atoms with E-state index in [4.69, 9.17) is 0 Å². The Morgan fingerprint density at radius 3 is 2.62 bits per heavy atom. The zero-order valence-electron chi connectivity index (χ0n) is 18.0. The highest BCUT2D eigenvalue weighted by molar-refractivity contribution is 7.90. The maximum absolute atomic E-state index is 13.6. The monoisotopic (exact) mass is 490 g/mol. The number of alkyl halides is 3. The summed E-state index contributed by atoms with van der Waals surface area (Å²) in [6.07, 6.45) is -1.89. The first kappa shape index (κ1) is 23.6. The van der Waals surface area contributed by atoms with Crippen molar-refractivity contribution < 1.29 is 26.4 Å². The summed E-state index contributed by atoms with van der Waals surface area (Å²) in [5.41, 5.74) is 1.62. The number of carbonyl (C=O) groups is 1. The van der Waals surface area contributed by atoms with Gasteiger partial charge in [0.15, 0.2) is 9.84 Å². The lowest BCUT2D eigenvalue weighted by Gasteiger charge is -2.19. The largest absolute Gasteiger partial charge is 0.419 e. The van der Waals surface area contributed by atoms with Gasteiger partial charge in [-0.15, -0.1) is 0 Å². The minimum absolute atomic E-state index is 0.0194. The van der Waals surface area contributed by atoms with E-state index in [0.717, 1.165) is 18.0 Å². The predicted molar refractivity (Wildman–Crippen MR) is 123 cm³/mol. The van der Waals surface area contributed by atoms with Gasteiger partial charge in [-0.3, -0.25) is 4.79 Å². The normalized spacial score (nSPS) is 13.7. The first-order valence-corrected chi connectivity index (χ1v) is 12.2. The summed E-state index contributed by atoms with van der Waals surface area (Å²) in [5.74, 6) is 0.135. The number of benzene rings is 2. The molecule has 1 amide bonds. The number of hydrogen-bond acceptors (Lipinski definition) is 6. The highest BCUT2D eigenvalue weighted by Gasteiger charge is 2.34. The van der Waals surface area contributed by atoms with Crippen molar-refractivity contribution in [2.45, 2.75) is 30.5 Å². The molecular weight excluding hydrogens is 469 g/mol. The van der Waals surface area contributed by atoms with Crippen LogP contribution in [-0.4, -0.2) is 25.6 Å². The number of carbonyl (C=O) groups excluding carboxylic acids is 1. The number of pyridine rings is 1. The molecule has 34 heavy (non-hydrogen) atoms. The number of sulfone groups is 1. The van der Waals surface area contributed by atoms with Crippen LogP contribution in [0.5, 0.6) is 0 Å². The summed E-state index contributed by atoms with van der Waals surface area (Å²) in [7, 11) is -3.44. The summed E-state index contributed by atoms with van der Waals surface area (Å²) < 4.78 is 64.2. The Bertz CT molecular complexity index is 1360. The summed E-state index contributed by atoms with van der Waals surface area (Å²) in [6, 6.07) is 12.5. The van der Waals surface area contributed by atoms with Crippen LogP contribution in [0.15, 0.2) is 59.6 Å². The molecule has 1 aliphatic rings. The van der Waals surface area contributed by atoms with Gasteiger partial charge in [0, 0.05) is 42.9 Å². The van der Waals surface area contributed by atoms with E-state index in [1.54, 1.807) is 18.2 Å². The second-order valence-corrected chi connectivity index (χ2v) is 9.95. The van der Waals surface area contributed by atoms with Crippen LogP contribution >= 0.6 is 0 Å². The average molecular weight is 491 g/mol. The third kappa shape index (κ3) is 5.48. The number of halogens is 3. The van der Waals surface area contributed by atoms with Crippen molar-refractivity contribution in [2.75, 3.05) is 22.2 Å². The highest BCUT2D eigenvalue weighted by Crippen LogP contribution is 2.36. The fourth-order valence-electron chi connectivity index (χ4n) is 3.59. The molecule has 4 rings (SSSR count). The lowest BCUT2D eigenvalue weighted by molar-refractivity contribution is -0.137. The molecule has 0 spiro atoms. The summed E-state index contributed by atoms with van der Waals surface area (Å²) in [5, 5.41) is 8.53. The Hall–Kier alpha value is -3.60. The first-order chi connectivity index (χ1) is 16.0.